The average Bonchev–Trinajstić information content (AvgIpc) is 2.48. The van der Waals surface area contributed by atoms with Gasteiger partial charge in [0.15, 0.2) is 0 Å². The van der Waals surface area contributed by atoms with Gasteiger partial charge in [-0.1, -0.05) is 0 Å². The number of alkyl halides is 20. The first-order chi connectivity index (χ1) is 12.9. The molecule has 0 bridgehead atoms. The van der Waals surface area contributed by atoms with Gasteiger partial charge in [-0.2, -0.15) is 83.4 Å². The number of halogens is 20. The predicted octanol–water partition coefficient (Wildman–Crippen LogP) is 6.13. The molecule has 0 saturated heterocycles. The van der Waals surface area contributed by atoms with Gasteiger partial charge in [0.05, 0.1) is 0 Å². The van der Waals surface area contributed by atoms with Gasteiger partial charge < -0.3 is 0 Å². The fourth-order valence-electron chi connectivity index (χ4n) is 1.55. The smallest absolute Gasteiger partial charge is 0.288 e. The molecule has 0 aromatic heterocycles. The van der Waals surface area contributed by atoms with Gasteiger partial charge in [0, 0.05) is 0 Å². The molecule has 0 unspecified atom stereocenters. The van der Waals surface area contributed by atoms with Gasteiger partial charge in [0.25, 0.3) is 5.78 Å². The van der Waals surface area contributed by atoms with Crippen LogP contribution in [0.1, 0.15) is 0 Å². The van der Waals surface area contributed by atoms with Crippen LogP contribution in [-0.4, -0.2) is 59.6 Å². The molecule has 0 atom stereocenters. The van der Waals surface area contributed by atoms with E-state index in [1.165, 1.54) is 0 Å². The molecule has 0 radical (unpaired) electrons. The zero-order valence-electron chi connectivity index (χ0n) is 13.0. The van der Waals surface area contributed by atoms with Crippen LogP contribution in [0.4, 0.5) is 87.8 Å². The van der Waals surface area contributed by atoms with E-state index < -0.39 is 59.6 Å². The Labute approximate surface area is 153 Å². The Bertz CT molecular complexity index is 674. The van der Waals surface area contributed by atoms with E-state index >= 15 is 0 Å². The highest BCUT2D eigenvalue weighted by Gasteiger charge is 2.94. The molecule has 0 rings (SSSR count). The zero-order valence-corrected chi connectivity index (χ0v) is 13.0. The lowest BCUT2D eigenvalue weighted by Crippen LogP contribution is -2.74. The fourth-order valence-corrected chi connectivity index (χ4v) is 1.55. The predicted molar refractivity (Wildman–Crippen MR) is 51.7 cm³/mol. The summed E-state index contributed by atoms with van der Waals surface area (Å²) in [6.07, 6.45) is -23.9. The minimum Gasteiger partial charge on any atom is -0.288 e. The van der Waals surface area contributed by atoms with Crippen LogP contribution in [0.2, 0.25) is 0 Å². The van der Waals surface area contributed by atoms with Crippen LogP contribution >= 0.6 is 0 Å². The molecule has 0 aliphatic rings. The summed E-state index contributed by atoms with van der Waals surface area (Å²) in [6, 6.07) is 0. The van der Waals surface area contributed by atoms with Crippen LogP contribution in [0.25, 0.3) is 0 Å². The molecule has 0 N–H and O–H groups in total. The van der Waals surface area contributed by atoms with Crippen LogP contribution in [0.5, 0.6) is 0 Å². The topological polar surface area (TPSA) is 17.1 Å². The van der Waals surface area contributed by atoms with Crippen molar-refractivity contribution in [3.05, 3.63) is 0 Å². The molecule has 0 amide bonds. The Kier molecular flexibility index (Phi) is 6.50. The lowest BCUT2D eigenvalue weighted by atomic mass is 9.86. The minimum atomic E-state index is -8.89. The molecular weight excluding hydrogens is 516 g/mol. The van der Waals surface area contributed by atoms with Gasteiger partial charge in [-0.25, -0.2) is 4.39 Å². The van der Waals surface area contributed by atoms with Crippen molar-refractivity contribution in [3.63, 3.8) is 0 Å². The Morgan fingerprint density at radius 1 is 0.355 bits per heavy atom. The molecule has 0 heterocycles. The second-order valence-electron chi connectivity index (χ2n) is 5.35. The number of Topliss-reactive ketones (excluding diaryl/α,β-unsaturated/α-hetero) is 1. The van der Waals surface area contributed by atoms with Gasteiger partial charge in [0.2, 0.25) is 0 Å². The van der Waals surface area contributed by atoms with Crippen molar-refractivity contribution in [2.24, 2.45) is 0 Å². The summed E-state index contributed by atoms with van der Waals surface area (Å²) in [5.41, 5.74) is -8.18. The standard InChI is InChI=1S/C10F20O/c11-2(8(22,23)24,9(25,26)27)1(31)3(12,13)4(14,15)5(16,17)6(18,19)7(20,21)10(28,29)30. The maximum atomic E-state index is 13.2. The van der Waals surface area contributed by atoms with Crippen molar-refractivity contribution in [2.75, 3.05) is 0 Å². The van der Waals surface area contributed by atoms with E-state index in [-0.39, 0.29) is 0 Å². The maximum Gasteiger partial charge on any atom is 0.460 e. The molecular formula is C10F20O. The van der Waals surface area contributed by atoms with E-state index in [2.05, 4.69) is 0 Å². The van der Waals surface area contributed by atoms with Crippen molar-refractivity contribution in [1.29, 1.82) is 0 Å². The third-order valence-corrected chi connectivity index (χ3v) is 3.31. The van der Waals surface area contributed by atoms with E-state index in [0.29, 0.717) is 0 Å². The van der Waals surface area contributed by atoms with E-state index in [4.69, 9.17) is 0 Å². The van der Waals surface area contributed by atoms with Crippen LogP contribution in [-0.2, 0) is 4.79 Å². The average molecular weight is 516 g/mol. The third kappa shape index (κ3) is 3.63. The van der Waals surface area contributed by atoms with Crippen LogP contribution < -0.4 is 0 Å². The van der Waals surface area contributed by atoms with Crippen LogP contribution in [0.15, 0.2) is 0 Å². The molecule has 0 aromatic carbocycles. The molecule has 21 heteroatoms. The van der Waals surface area contributed by atoms with E-state index in [1.807, 2.05) is 0 Å². The third-order valence-electron chi connectivity index (χ3n) is 3.31. The highest BCUT2D eigenvalue weighted by molar-refractivity contribution is 5.96. The Morgan fingerprint density at radius 2 is 0.613 bits per heavy atom. The molecule has 0 aliphatic carbocycles. The molecule has 186 valence electrons. The number of carbonyl (C=O) groups excluding carboxylic acids is 1. The van der Waals surface area contributed by atoms with Crippen molar-refractivity contribution < 1.29 is 92.6 Å². The summed E-state index contributed by atoms with van der Waals surface area (Å²) >= 11 is 0. The number of carbonyl (C=O) groups is 1. The summed E-state index contributed by atoms with van der Waals surface area (Å²) in [4.78, 5) is 10.6. The molecule has 31 heavy (non-hydrogen) atoms. The normalized spacial score (nSPS) is 16.5. The minimum absolute atomic E-state index is 5.95. The van der Waals surface area contributed by atoms with Gasteiger partial charge in [-0.3, -0.25) is 4.79 Å². The van der Waals surface area contributed by atoms with Crippen molar-refractivity contribution in [3.8, 4) is 0 Å². The summed E-state index contributed by atoms with van der Waals surface area (Å²) in [6.45, 7) is 0. The first-order valence-corrected chi connectivity index (χ1v) is 6.23. The van der Waals surface area contributed by atoms with Crippen molar-refractivity contribution in [1.82, 2.24) is 0 Å². The summed E-state index contributed by atoms with van der Waals surface area (Å²) in [5.74, 6) is -49.4. The number of hydrogen-bond acceptors (Lipinski definition) is 1. The lowest BCUT2D eigenvalue weighted by molar-refractivity contribution is -0.437. The highest BCUT2D eigenvalue weighted by atomic mass is 19.4. The number of hydrogen-bond donors (Lipinski definition) is 0. The number of ketones is 1. The first-order valence-electron chi connectivity index (χ1n) is 6.23. The Balaban J connectivity index is 6.95. The molecule has 0 spiro atoms. The Morgan fingerprint density at radius 3 is 0.839 bits per heavy atom. The van der Waals surface area contributed by atoms with E-state index in [9.17, 15) is 92.6 Å². The summed E-state index contributed by atoms with van der Waals surface area (Å²) in [5, 5.41) is 0. The van der Waals surface area contributed by atoms with E-state index in [1.54, 1.807) is 0 Å². The van der Waals surface area contributed by atoms with Gasteiger partial charge in [-0.15, -0.1) is 0 Å². The number of rotatable bonds is 6. The molecule has 0 aromatic rings. The van der Waals surface area contributed by atoms with Gasteiger partial charge in [0.1, 0.15) is 0 Å². The van der Waals surface area contributed by atoms with Gasteiger partial charge in [-0.05, 0) is 0 Å². The highest BCUT2D eigenvalue weighted by Crippen LogP contribution is 2.62. The summed E-state index contributed by atoms with van der Waals surface area (Å²) < 4.78 is 251. The largest absolute Gasteiger partial charge is 0.460 e. The Hall–Kier alpha value is -1.73. The maximum absolute atomic E-state index is 13.2. The zero-order chi connectivity index (χ0) is 26.1. The van der Waals surface area contributed by atoms with Crippen molar-refractivity contribution >= 4 is 5.78 Å². The fraction of sp³-hybridized carbons (Fsp3) is 0.900. The second kappa shape index (κ2) is 6.88. The molecule has 0 fully saturated rings. The second-order valence-corrected chi connectivity index (χ2v) is 5.35. The lowest BCUT2D eigenvalue weighted by Gasteiger charge is -2.40. The quantitative estimate of drug-likeness (QED) is 0.389. The summed E-state index contributed by atoms with van der Waals surface area (Å²) in [7, 11) is 0. The van der Waals surface area contributed by atoms with E-state index in [0.717, 1.165) is 0 Å². The van der Waals surface area contributed by atoms with Crippen LogP contribution in [0.3, 0.4) is 0 Å². The van der Waals surface area contributed by atoms with Crippen molar-refractivity contribution in [2.45, 2.75) is 53.8 Å². The first kappa shape index (κ1) is 29.3. The molecule has 0 aliphatic heterocycles. The monoisotopic (exact) mass is 516 g/mol. The van der Waals surface area contributed by atoms with Crippen LogP contribution in [0, 0.1) is 0 Å². The molecule has 1 nitrogen and oxygen atoms in total. The van der Waals surface area contributed by atoms with Gasteiger partial charge >= 0.3 is 53.8 Å². The molecule has 0 saturated carbocycles. The SMILES string of the molecule is O=C(C(F)(F)C(F)(F)C(F)(F)C(F)(F)C(F)(F)C(F)(F)F)C(F)(C(F)(F)F)C(F)(F)F.